The second-order valence-electron chi connectivity index (χ2n) is 5.12. The molecule has 1 nitrogen and oxygen atoms in total. The number of rotatable bonds is 2. The first-order valence-electron chi connectivity index (χ1n) is 5.80. The van der Waals surface area contributed by atoms with Crippen molar-refractivity contribution in [3.8, 4) is 11.5 Å². The molecule has 0 aliphatic heterocycles. The first kappa shape index (κ1) is 11.7. The summed E-state index contributed by atoms with van der Waals surface area (Å²) in [6, 6.07) is 18.7. The van der Waals surface area contributed by atoms with Crippen molar-refractivity contribution in [1.82, 2.24) is 0 Å². The van der Waals surface area contributed by atoms with Crippen molar-refractivity contribution in [3.05, 3.63) is 60.2 Å². The molecule has 0 aliphatic rings. The summed E-state index contributed by atoms with van der Waals surface area (Å²) in [6.07, 6.45) is 0. The van der Waals surface area contributed by atoms with Crippen LogP contribution in [0.1, 0.15) is 26.3 Å². The third-order valence-corrected chi connectivity index (χ3v) is 2.62. The molecule has 0 atom stereocenters. The van der Waals surface area contributed by atoms with Crippen LogP contribution >= 0.6 is 0 Å². The zero-order chi connectivity index (χ0) is 12.3. The first-order valence-corrected chi connectivity index (χ1v) is 5.80. The molecule has 87 valence electrons. The van der Waals surface area contributed by atoms with Gasteiger partial charge in [-0.1, -0.05) is 45.0 Å². The molecular formula is C16H17O. The minimum absolute atomic E-state index is 0.143. The van der Waals surface area contributed by atoms with E-state index in [9.17, 15) is 0 Å². The highest BCUT2D eigenvalue weighted by molar-refractivity contribution is 5.36. The van der Waals surface area contributed by atoms with Crippen LogP contribution < -0.4 is 4.74 Å². The van der Waals surface area contributed by atoms with Crippen LogP contribution in [0.25, 0.3) is 0 Å². The van der Waals surface area contributed by atoms with Crippen molar-refractivity contribution in [2.24, 2.45) is 0 Å². The Morgan fingerprint density at radius 2 is 1.65 bits per heavy atom. The van der Waals surface area contributed by atoms with Crippen LogP contribution in [0.3, 0.4) is 0 Å². The summed E-state index contributed by atoms with van der Waals surface area (Å²) in [4.78, 5) is 0. The van der Waals surface area contributed by atoms with E-state index in [1.165, 1.54) is 5.56 Å². The Hall–Kier alpha value is -1.76. The van der Waals surface area contributed by atoms with Crippen molar-refractivity contribution in [3.63, 3.8) is 0 Å². The lowest BCUT2D eigenvalue weighted by atomic mass is 9.87. The van der Waals surface area contributed by atoms with Gasteiger partial charge in [-0.3, -0.25) is 0 Å². The lowest BCUT2D eigenvalue weighted by Gasteiger charge is -2.19. The Labute approximate surface area is 103 Å². The van der Waals surface area contributed by atoms with Crippen molar-refractivity contribution in [2.45, 2.75) is 26.2 Å². The average Bonchev–Trinajstić information content (AvgIpc) is 2.29. The molecule has 0 fully saturated rings. The number of ether oxygens (including phenoxy) is 1. The minimum atomic E-state index is 0.143. The van der Waals surface area contributed by atoms with Crippen LogP contribution in [0.2, 0.25) is 0 Å². The second-order valence-corrected chi connectivity index (χ2v) is 5.12. The molecule has 17 heavy (non-hydrogen) atoms. The standard InChI is InChI=1S/C16H17O/c1-16(2,3)13-8-7-11-15(12-13)17-14-9-5-4-6-10-14/h5-12H,1-3H3. The summed E-state index contributed by atoms with van der Waals surface area (Å²) in [5.41, 5.74) is 1.42. The van der Waals surface area contributed by atoms with E-state index in [0.29, 0.717) is 0 Å². The molecule has 0 bridgehead atoms. The van der Waals surface area contributed by atoms with Gasteiger partial charge in [-0.15, -0.1) is 0 Å². The fraction of sp³-hybridized carbons (Fsp3) is 0.250. The zero-order valence-electron chi connectivity index (χ0n) is 10.5. The van der Waals surface area contributed by atoms with E-state index < -0.39 is 0 Å². The van der Waals surface area contributed by atoms with E-state index >= 15 is 0 Å². The molecule has 0 saturated carbocycles. The maximum atomic E-state index is 5.79. The monoisotopic (exact) mass is 225 g/mol. The largest absolute Gasteiger partial charge is 0.457 e. The Balaban J connectivity index is 2.23. The van der Waals surface area contributed by atoms with Gasteiger partial charge < -0.3 is 4.74 Å². The van der Waals surface area contributed by atoms with E-state index in [0.717, 1.165) is 11.5 Å². The molecule has 0 amide bonds. The van der Waals surface area contributed by atoms with Gasteiger partial charge in [0, 0.05) is 0 Å². The fourth-order valence-electron chi connectivity index (χ4n) is 1.60. The van der Waals surface area contributed by atoms with E-state index in [1.54, 1.807) is 0 Å². The topological polar surface area (TPSA) is 9.23 Å². The molecule has 0 saturated heterocycles. The van der Waals surface area contributed by atoms with Gasteiger partial charge in [0.1, 0.15) is 11.5 Å². The minimum Gasteiger partial charge on any atom is -0.457 e. The Morgan fingerprint density at radius 3 is 2.29 bits per heavy atom. The number of benzene rings is 2. The van der Waals surface area contributed by atoms with Crippen LogP contribution in [0.4, 0.5) is 0 Å². The summed E-state index contributed by atoms with van der Waals surface area (Å²) < 4.78 is 5.79. The molecule has 2 rings (SSSR count). The normalized spacial score (nSPS) is 11.2. The first-order chi connectivity index (χ1) is 8.05. The van der Waals surface area contributed by atoms with Gasteiger partial charge in [0.2, 0.25) is 0 Å². The predicted octanol–water partition coefficient (Wildman–Crippen LogP) is 4.58. The van der Waals surface area contributed by atoms with Crippen LogP contribution in [0, 0.1) is 6.07 Å². The van der Waals surface area contributed by atoms with Gasteiger partial charge in [-0.25, -0.2) is 0 Å². The van der Waals surface area contributed by atoms with Crippen LogP contribution in [-0.4, -0.2) is 0 Å². The highest BCUT2D eigenvalue weighted by atomic mass is 16.5. The molecule has 0 heterocycles. The van der Waals surface area contributed by atoms with Gasteiger partial charge in [0.15, 0.2) is 0 Å². The average molecular weight is 225 g/mol. The fourth-order valence-corrected chi connectivity index (χ4v) is 1.60. The molecule has 0 N–H and O–H groups in total. The predicted molar refractivity (Wildman–Crippen MR) is 70.5 cm³/mol. The third kappa shape index (κ3) is 3.10. The van der Waals surface area contributed by atoms with Gasteiger partial charge in [0.05, 0.1) is 0 Å². The summed E-state index contributed by atoms with van der Waals surface area (Å²) in [5, 5.41) is 0. The van der Waals surface area contributed by atoms with Crippen LogP contribution in [0.5, 0.6) is 11.5 Å². The summed E-state index contributed by atoms with van der Waals surface area (Å²) in [6.45, 7) is 6.59. The molecule has 1 heteroatoms. The number of hydrogen-bond acceptors (Lipinski definition) is 1. The van der Waals surface area contributed by atoms with Gasteiger partial charge >= 0.3 is 0 Å². The van der Waals surface area contributed by atoms with E-state index in [-0.39, 0.29) is 5.41 Å². The van der Waals surface area contributed by atoms with Crippen LogP contribution in [-0.2, 0) is 5.41 Å². The maximum absolute atomic E-state index is 5.79. The molecule has 0 aliphatic carbocycles. The molecular weight excluding hydrogens is 208 g/mol. The molecule has 0 aromatic heterocycles. The Morgan fingerprint density at radius 1 is 0.941 bits per heavy atom. The van der Waals surface area contributed by atoms with Crippen LogP contribution in [0.15, 0.2) is 48.5 Å². The highest BCUT2D eigenvalue weighted by Crippen LogP contribution is 2.28. The third-order valence-electron chi connectivity index (χ3n) is 2.62. The van der Waals surface area contributed by atoms with Crippen molar-refractivity contribution >= 4 is 0 Å². The number of hydrogen-bond donors (Lipinski definition) is 0. The summed E-state index contributed by atoms with van der Waals surface area (Å²) in [7, 11) is 0. The van der Waals surface area contributed by atoms with E-state index in [4.69, 9.17) is 4.74 Å². The van der Waals surface area contributed by atoms with E-state index in [2.05, 4.69) is 39.0 Å². The highest BCUT2D eigenvalue weighted by Gasteiger charge is 2.13. The van der Waals surface area contributed by atoms with Gasteiger partial charge in [-0.2, -0.15) is 0 Å². The van der Waals surface area contributed by atoms with Gasteiger partial charge in [-0.05, 0) is 41.3 Å². The summed E-state index contributed by atoms with van der Waals surface area (Å²) in [5.74, 6) is 1.72. The maximum Gasteiger partial charge on any atom is 0.127 e. The lowest BCUT2D eigenvalue weighted by molar-refractivity contribution is 0.478. The SMILES string of the molecule is CC(C)(C)c1cccc(Oc2cc[c]cc2)c1. The zero-order valence-corrected chi connectivity index (χ0v) is 10.5. The Kier molecular flexibility index (Phi) is 3.19. The molecule has 2 aromatic rings. The van der Waals surface area contributed by atoms with Crippen molar-refractivity contribution in [2.75, 3.05) is 0 Å². The Bertz CT molecular complexity index is 480. The van der Waals surface area contributed by atoms with Crippen molar-refractivity contribution in [1.29, 1.82) is 0 Å². The molecule has 1 radical (unpaired) electrons. The second kappa shape index (κ2) is 4.62. The smallest absolute Gasteiger partial charge is 0.127 e. The quantitative estimate of drug-likeness (QED) is 0.727. The molecule has 0 spiro atoms. The van der Waals surface area contributed by atoms with Crippen molar-refractivity contribution < 1.29 is 4.74 Å². The lowest BCUT2D eigenvalue weighted by Crippen LogP contribution is -2.10. The molecule has 0 unspecified atom stereocenters. The molecule has 2 aromatic carbocycles. The van der Waals surface area contributed by atoms with E-state index in [1.807, 2.05) is 36.4 Å². The summed E-state index contributed by atoms with van der Waals surface area (Å²) >= 11 is 0. The van der Waals surface area contributed by atoms with Gasteiger partial charge in [0.25, 0.3) is 0 Å².